The van der Waals surface area contributed by atoms with E-state index in [0.717, 1.165) is 6.42 Å². The second kappa shape index (κ2) is 7.53. The molecule has 0 radical (unpaired) electrons. The Morgan fingerprint density at radius 1 is 1.33 bits per heavy atom. The van der Waals surface area contributed by atoms with Gasteiger partial charge in [-0.25, -0.2) is 13.1 Å². The number of carbonyl (C=O) groups is 1. The van der Waals surface area contributed by atoms with E-state index >= 15 is 0 Å². The molecule has 0 spiro atoms. The monoisotopic (exact) mass is 313 g/mol. The van der Waals surface area contributed by atoms with Crippen molar-refractivity contribution in [1.29, 1.82) is 0 Å². The minimum absolute atomic E-state index is 0.165. The second-order valence-corrected chi connectivity index (χ2v) is 6.78. The predicted octanol–water partition coefficient (Wildman–Crippen LogP) is 1.23. The Kier molecular flexibility index (Phi) is 6.32. The zero-order chi connectivity index (χ0) is 16.0. The van der Waals surface area contributed by atoms with Crippen molar-refractivity contribution in [3.8, 4) is 0 Å². The zero-order valence-corrected chi connectivity index (χ0v) is 13.7. The number of amides is 1. The summed E-state index contributed by atoms with van der Waals surface area (Å²) in [6.45, 7) is 5.93. The summed E-state index contributed by atoms with van der Waals surface area (Å²) in [5, 5.41) is 5.77. The molecule has 7 heteroatoms. The molecule has 1 rings (SSSR count). The number of sulfonamides is 1. The number of nitrogens with one attached hydrogen (secondary N) is 3. The standard InChI is InChI=1S/C14H23N3O3S/c1-5-11(3)16-9-14(18)17-12-7-6-10(2)13(8-12)21(19,20)15-4/h6-8,11,15-16H,5,9H2,1-4H3,(H,17,18). The van der Waals surface area contributed by atoms with Crippen molar-refractivity contribution in [2.45, 2.75) is 38.1 Å². The number of hydrogen-bond acceptors (Lipinski definition) is 4. The van der Waals surface area contributed by atoms with E-state index in [-0.39, 0.29) is 23.4 Å². The van der Waals surface area contributed by atoms with E-state index in [1.54, 1.807) is 19.1 Å². The first-order valence-electron chi connectivity index (χ1n) is 6.87. The van der Waals surface area contributed by atoms with Gasteiger partial charge in [0.05, 0.1) is 11.4 Å². The normalized spacial score (nSPS) is 13.0. The summed E-state index contributed by atoms with van der Waals surface area (Å²) >= 11 is 0. The summed E-state index contributed by atoms with van der Waals surface area (Å²) in [4.78, 5) is 12.0. The van der Waals surface area contributed by atoms with Gasteiger partial charge in [0.15, 0.2) is 0 Å². The zero-order valence-electron chi connectivity index (χ0n) is 12.9. The van der Waals surface area contributed by atoms with E-state index in [1.165, 1.54) is 13.1 Å². The van der Waals surface area contributed by atoms with Crippen LogP contribution in [0.2, 0.25) is 0 Å². The van der Waals surface area contributed by atoms with Gasteiger partial charge in [-0.15, -0.1) is 0 Å². The molecule has 118 valence electrons. The molecule has 0 aliphatic rings. The van der Waals surface area contributed by atoms with Crippen LogP contribution in [0.5, 0.6) is 0 Å². The fourth-order valence-corrected chi connectivity index (χ4v) is 2.69. The van der Waals surface area contributed by atoms with Crippen LogP contribution < -0.4 is 15.4 Å². The fraction of sp³-hybridized carbons (Fsp3) is 0.500. The van der Waals surface area contributed by atoms with Crippen LogP contribution in [0.3, 0.4) is 0 Å². The predicted molar refractivity (Wildman–Crippen MR) is 83.8 cm³/mol. The molecule has 0 aliphatic carbocycles. The van der Waals surface area contributed by atoms with Crippen LogP contribution in [0.1, 0.15) is 25.8 Å². The molecule has 3 N–H and O–H groups in total. The summed E-state index contributed by atoms with van der Waals surface area (Å²) < 4.78 is 26.0. The number of aryl methyl sites for hydroxylation is 1. The van der Waals surface area contributed by atoms with E-state index in [9.17, 15) is 13.2 Å². The van der Waals surface area contributed by atoms with Crippen LogP contribution in [-0.4, -0.2) is 34.0 Å². The van der Waals surface area contributed by atoms with Gasteiger partial charge < -0.3 is 10.6 Å². The number of benzene rings is 1. The van der Waals surface area contributed by atoms with Crippen molar-refractivity contribution in [3.05, 3.63) is 23.8 Å². The molecule has 0 aliphatic heterocycles. The highest BCUT2D eigenvalue weighted by atomic mass is 32.2. The first-order chi connectivity index (χ1) is 9.80. The summed E-state index contributed by atoms with van der Waals surface area (Å²) in [5.41, 5.74) is 1.09. The highest BCUT2D eigenvalue weighted by molar-refractivity contribution is 7.89. The molecule has 6 nitrogen and oxygen atoms in total. The third-order valence-corrected chi connectivity index (χ3v) is 4.81. The van der Waals surface area contributed by atoms with E-state index < -0.39 is 10.0 Å². The Hall–Kier alpha value is -1.44. The molecule has 1 amide bonds. The first-order valence-corrected chi connectivity index (χ1v) is 8.36. The van der Waals surface area contributed by atoms with Crippen molar-refractivity contribution in [2.75, 3.05) is 18.9 Å². The lowest BCUT2D eigenvalue weighted by atomic mass is 10.2. The quantitative estimate of drug-likeness (QED) is 0.706. The van der Waals surface area contributed by atoms with E-state index in [0.29, 0.717) is 11.3 Å². The summed E-state index contributed by atoms with van der Waals surface area (Å²) in [7, 11) is -2.18. The lowest BCUT2D eigenvalue weighted by molar-refractivity contribution is -0.115. The topological polar surface area (TPSA) is 87.3 Å². The highest BCUT2D eigenvalue weighted by Crippen LogP contribution is 2.19. The molecule has 0 aromatic heterocycles. The van der Waals surface area contributed by atoms with E-state index in [1.807, 2.05) is 13.8 Å². The molecular formula is C14H23N3O3S. The maximum absolute atomic E-state index is 11.9. The molecule has 0 fully saturated rings. The van der Waals surface area contributed by atoms with E-state index in [2.05, 4.69) is 15.4 Å². The molecule has 0 heterocycles. The van der Waals surface area contributed by atoms with Crippen LogP contribution >= 0.6 is 0 Å². The number of anilines is 1. The highest BCUT2D eigenvalue weighted by Gasteiger charge is 2.15. The summed E-state index contributed by atoms with van der Waals surface area (Å²) in [6.07, 6.45) is 0.933. The van der Waals surface area contributed by atoms with Gasteiger partial charge in [0.1, 0.15) is 0 Å². The van der Waals surface area contributed by atoms with Crippen LogP contribution in [-0.2, 0) is 14.8 Å². The van der Waals surface area contributed by atoms with Gasteiger partial charge in [-0.05, 0) is 45.0 Å². The van der Waals surface area contributed by atoms with Crippen molar-refractivity contribution in [3.63, 3.8) is 0 Å². The smallest absolute Gasteiger partial charge is 0.240 e. The molecule has 0 saturated heterocycles. The molecule has 1 atom stereocenters. The largest absolute Gasteiger partial charge is 0.325 e. The average molecular weight is 313 g/mol. The minimum atomic E-state index is -3.53. The Balaban J connectivity index is 2.82. The fourth-order valence-electron chi connectivity index (χ4n) is 1.69. The number of rotatable bonds is 7. The molecule has 1 unspecified atom stereocenters. The molecule has 0 saturated carbocycles. The van der Waals surface area contributed by atoms with Gasteiger partial charge in [0.2, 0.25) is 15.9 Å². The van der Waals surface area contributed by atoms with Crippen LogP contribution in [0, 0.1) is 6.92 Å². The lowest BCUT2D eigenvalue weighted by Gasteiger charge is -2.13. The molecule has 21 heavy (non-hydrogen) atoms. The number of hydrogen-bond donors (Lipinski definition) is 3. The first kappa shape index (κ1) is 17.6. The molecule has 0 bridgehead atoms. The average Bonchev–Trinajstić information content (AvgIpc) is 2.46. The Bertz CT molecular complexity index is 599. The Morgan fingerprint density at radius 2 is 2.00 bits per heavy atom. The van der Waals surface area contributed by atoms with Crippen LogP contribution in [0.25, 0.3) is 0 Å². The van der Waals surface area contributed by atoms with Crippen molar-refractivity contribution < 1.29 is 13.2 Å². The summed E-state index contributed by atoms with van der Waals surface area (Å²) in [5.74, 6) is -0.202. The third-order valence-electron chi connectivity index (χ3n) is 3.25. The van der Waals surface area contributed by atoms with Gasteiger partial charge in [-0.1, -0.05) is 13.0 Å². The SMILES string of the molecule is CCC(C)NCC(=O)Nc1ccc(C)c(S(=O)(=O)NC)c1. The third kappa shape index (κ3) is 5.11. The molecular weight excluding hydrogens is 290 g/mol. The lowest BCUT2D eigenvalue weighted by Crippen LogP contribution is -2.34. The second-order valence-electron chi connectivity index (χ2n) is 4.93. The van der Waals surface area contributed by atoms with Gasteiger partial charge >= 0.3 is 0 Å². The van der Waals surface area contributed by atoms with Gasteiger partial charge in [0.25, 0.3) is 0 Å². The maximum Gasteiger partial charge on any atom is 0.240 e. The van der Waals surface area contributed by atoms with Gasteiger partial charge in [-0.3, -0.25) is 4.79 Å². The van der Waals surface area contributed by atoms with Crippen molar-refractivity contribution in [1.82, 2.24) is 10.0 Å². The number of carbonyl (C=O) groups excluding carboxylic acids is 1. The maximum atomic E-state index is 11.9. The summed E-state index contributed by atoms with van der Waals surface area (Å²) in [6, 6.07) is 5.07. The molecule has 1 aromatic carbocycles. The van der Waals surface area contributed by atoms with E-state index in [4.69, 9.17) is 0 Å². The minimum Gasteiger partial charge on any atom is -0.325 e. The van der Waals surface area contributed by atoms with Gasteiger partial charge in [-0.2, -0.15) is 0 Å². The van der Waals surface area contributed by atoms with Crippen molar-refractivity contribution >= 4 is 21.6 Å². The van der Waals surface area contributed by atoms with Gasteiger partial charge in [0, 0.05) is 11.7 Å². The van der Waals surface area contributed by atoms with Crippen LogP contribution in [0.4, 0.5) is 5.69 Å². The van der Waals surface area contributed by atoms with Crippen molar-refractivity contribution in [2.24, 2.45) is 0 Å². The molecule has 1 aromatic rings. The Labute approximate surface area is 126 Å². The van der Waals surface area contributed by atoms with Crippen LogP contribution in [0.15, 0.2) is 23.1 Å². The Morgan fingerprint density at radius 3 is 2.57 bits per heavy atom.